The highest BCUT2D eigenvalue weighted by molar-refractivity contribution is 9.10. The number of aromatic nitrogens is 1. The maximum Gasteiger partial charge on any atom is 0.234 e. The Kier molecular flexibility index (Phi) is 5.72. The van der Waals surface area contributed by atoms with Crippen LogP contribution in [-0.2, 0) is 4.79 Å². The van der Waals surface area contributed by atoms with Gasteiger partial charge in [-0.25, -0.2) is 9.37 Å². The number of hydrogen-bond donors (Lipinski definition) is 2. The highest BCUT2D eigenvalue weighted by Crippen LogP contribution is 2.35. The van der Waals surface area contributed by atoms with Gasteiger partial charge in [0.1, 0.15) is 16.5 Å². The summed E-state index contributed by atoms with van der Waals surface area (Å²) in [5.41, 5.74) is 8.10. The second-order valence-electron chi connectivity index (χ2n) is 5.04. The lowest BCUT2D eigenvalue weighted by molar-refractivity contribution is -0.113. The monoisotopic (exact) mass is 437 g/mol. The second kappa shape index (κ2) is 7.99. The van der Waals surface area contributed by atoms with Gasteiger partial charge in [-0.15, -0.1) is 0 Å². The van der Waals surface area contributed by atoms with E-state index in [0.29, 0.717) is 15.0 Å². The van der Waals surface area contributed by atoms with Crippen LogP contribution in [0, 0.1) is 5.82 Å². The number of halogens is 2. The molecule has 0 aliphatic heterocycles. The molecule has 0 unspecified atom stereocenters. The first-order valence-corrected chi connectivity index (χ1v) is 9.81. The van der Waals surface area contributed by atoms with Gasteiger partial charge < -0.3 is 11.1 Å². The summed E-state index contributed by atoms with van der Waals surface area (Å²) in [7, 11) is 0. The summed E-state index contributed by atoms with van der Waals surface area (Å²) in [4.78, 5) is 16.5. The molecule has 128 valence electrons. The maximum absolute atomic E-state index is 13.0. The maximum atomic E-state index is 13.0. The summed E-state index contributed by atoms with van der Waals surface area (Å²) in [6, 6.07) is 13.4. The fourth-order valence-electron chi connectivity index (χ4n) is 2.05. The molecule has 8 heteroatoms. The number of nitrogen functional groups attached to an aromatic ring is 1. The Morgan fingerprint density at radius 2 is 1.88 bits per heavy atom. The summed E-state index contributed by atoms with van der Waals surface area (Å²) in [5, 5.41) is 3.37. The number of thiazole rings is 1. The van der Waals surface area contributed by atoms with Crippen molar-refractivity contribution in [3.63, 3.8) is 0 Å². The van der Waals surface area contributed by atoms with E-state index in [0.717, 1.165) is 15.7 Å². The normalized spacial score (nSPS) is 10.6. The number of nitrogens with one attached hydrogen (secondary N) is 1. The molecule has 1 heterocycles. The topological polar surface area (TPSA) is 68.0 Å². The third-order valence-corrected chi connectivity index (χ3v) is 5.76. The number of carbonyl (C=O) groups is 1. The molecular weight excluding hydrogens is 425 g/mol. The molecular formula is C17H13BrFN3OS2. The van der Waals surface area contributed by atoms with Gasteiger partial charge >= 0.3 is 0 Å². The second-order valence-corrected chi connectivity index (χ2v) is 8.21. The zero-order valence-electron chi connectivity index (χ0n) is 12.8. The van der Waals surface area contributed by atoms with Crippen LogP contribution in [0.1, 0.15) is 0 Å². The summed E-state index contributed by atoms with van der Waals surface area (Å²) < 4.78 is 14.7. The minimum Gasteiger partial charge on any atom is -0.389 e. The van der Waals surface area contributed by atoms with Crippen LogP contribution in [0.25, 0.3) is 11.3 Å². The smallest absolute Gasteiger partial charge is 0.234 e. The first-order chi connectivity index (χ1) is 12.0. The van der Waals surface area contributed by atoms with Gasteiger partial charge in [0, 0.05) is 15.7 Å². The van der Waals surface area contributed by atoms with E-state index in [1.165, 1.54) is 35.2 Å². The van der Waals surface area contributed by atoms with Gasteiger partial charge in [0.25, 0.3) is 0 Å². The van der Waals surface area contributed by atoms with Crippen molar-refractivity contribution in [2.24, 2.45) is 0 Å². The van der Waals surface area contributed by atoms with Gasteiger partial charge in [-0.1, -0.05) is 39.0 Å². The standard InChI is InChI=1S/C17H13BrFN3OS2/c18-11-3-7-13(8-4-11)21-14(23)9-24-17-22-15(16(20)25-17)10-1-5-12(19)6-2-10/h1-8H,9,20H2,(H,21,23). The SMILES string of the molecule is Nc1sc(SCC(=O)Nc2ccc(Br)cc2)nc1-c1ccc(F)cc1. The van der Waals surface area contributed by atoms with Crippen molar-refractivity contribution < 1.29 is 9.18 Å². The van der Waals surface area contributed by atoms with E-state index in [-0.39, 0.29) is 17.5 Å². The quantitative estimate of drug-likeness (QED) is 0.549. The van der Waals surface area contributed by atoms with E-state index in [2.05, 4.69) is 26.2 Å². The van der Waals surface area contributed by atoms with Crippen molar-refractivity contribution in [2.45, 2.75) is 4.34 Å². The van der Waals surface area contributed by atoms with Crippen LogP contribution in [0.4, 0.5) is 15.1 Å². The van der Waals surface area contributed by atoms with Gasteiger partial charge in [-0.2, -0.15) is 0 Å². The lowest BCUT2D eigenvalue weighted by Crippen LogP contribution is -2.13. The van der Waals surface area contributed by atoms with Crippen molar-refractivity contribution in [3.05, 3.63) is 58.8 Å². The summed E-state index contributed by atoms with van der Waals surface area (Å²) >= 11 is 5.98. The molecule has 3 aromatic rings. The van der Waals surface area contributed by atoms with Crippen molar-refractivity contribution in [1.29, 1.82) is 0 Å². The van der Waals surface area contributed by atoms with E-state index in [9.17, 15) is 9.18 Å². The molecule has 0 spiro atoms. The Balaban J connectivity index is 1.61. The molecule has 1 amide bonds. The molecule has 0 fully saturated rings. The molecule has 2 aromatic carbocycles. The fourth-order valence-corrected chi connectivity index (χ4v) is 4.06. The number of thioether (sulfide) groups is 1. The number of benzene rings is 2. The highest BCUT2D eigenvalue weighted by Gasteiger charge is 2.13. The first-order valence-electron chi connectivity index (χ1n) is 7.22. The largest absolute Gasteiger partial charge is 0.389 e. The summed E-state index contributed by atoms with van der Waals surface area (Å²) in [6.07, 6.45) is 0. The van der Waals surface area contributed by atoms with Gasteiger partial charge in [-0.3, -0.25) is 4.79 Å². The lowest BCUT2D eigenvalue weighted by Gasteiger charge is -2.04. The van der Waals surface area contributed by atoms with Crippen molar-refractivity contribution in [3.8, 4) is 11.3 Å². The first kappa shape index (κ1) is 17.9. The predicted octanol–water partition coefficient (Wildman–Crippen LogP) is 5.02. The van der Waals surface area contributed by atoms with Crippen molar-refractivity contribution in [2.75, 3.05) is 16.8 Å². The van der Waals surface area contributed by atoms with E-state index >= 15 is 0 Å². The third kappa shape index (κ3) is 4.81. The average Bonchev–Trinajstić information content (AvgIpc) is 2.97. The number of hydrogen-bond acceptors (Lipinski definition) is 5. The Hall–Kier alpha value is -1.90. The van der Waals surface area contributed by atoms with E-state index in [1.807, 2.05) is 24.3 Å². The van der Waals surface area contributed by atoms with Crippen LogP contribution in [0.3, 0.4) is 0 Å². The Morgan fingerprint density at radius 3 is 2.56 bits per heavy atom. The van der Waals surface area contributed by atoms with Crippen molar-refractivity contribution >= 4 is 55.6 Å². The zero-order valence-corrected chi connectivity index (χ0v) is 16.1. The number of anilines is 2. The van der Waals surface area contributed by atoms with Crippen LogP contribution in [0.15, 0.2) is 57.3 Å². The molecule has 3 rings (SSSR count). The number of nitrogens with zero attached hydrogens (tertiary/aromatic N) is 1. The minimum atomic E-state index is -0.309. The van der Waals surface area contributed by atoms with E-state index < -0.39 is 0 Å². The molecule has 0 bridgehead atoms. The molecule has 25 heavy (non-hydrogen) atoms. The number of carbonyl (C=O) groups excluding carboxylic acids is 1. The molecule has 4 nitrogen and oxygen atoms in total. The number of amides is 1. The molecule has 3 N–H and O–H groups in total. The summed E-state index contributed by atoms with van der Waals surface area (Å²) in [6.45, 7) is 0. The van der Waals surface area contributed by atoms with Gasteiger partial charge in [0.05, 0.1) is 5.75 Å². The molecule has 0 aliphatic carbocycles. The molecule has 0 aliphatic rings. The molecule has 0 atom stereocenters. The highest BCUT2D eigenvalue weighted by atomic mass is 79.9. The van der Waals surface area contributed by atoms with Crippen LogP contribution >= 0.6 is 39.0 Å². The minimum absolute atomic E-state index is 0.121. The van der Waals surface area contributed by atoms with Crippen molar-refractivity contribution in [1.82, 2.24) is 4.98 Å². The lowest BCUT2D eigenvalue weighted by atomic mass is 10.2. The Bertz CT molecular complexity index is 882. The average molecular weight is 438 g/mol. The number of rotatable bonds is 5. The Labute approximate surface area is 160 Å². The van der Waals surface area contributed by atoms with E-state index in [1.54, 1.807) is 12.1 Å². The third-order valence-electron chi connectivity index (χ3n) is 3.21. The zero-order chi connectivity index (χ0) is 17.8. The van der Waals surface area contributed by atoms with Gasteiger partial charge in [0.15, 0.2) is 4.34 Å². The van der Waals surface area contributed by atoms with Crippen LogP contribution in [-0.4, -0.2) is 16.6 Å². The fraction of sp³-hybridized carbons (Fsp3) is 0.0588. The molecule has 0 saturated heterocycles. The van der Waals surface area contributed by atoms with Gasteiger partial charge in [-0.05, 0) is 48.5 Å². The van der Waals surface area contributed by atoms with Crippen LogP contribution in [0.5, 0.6) is 0 Å². The molecule has 1 aromatic heterocycles. The van der Waals surface area contributed by atoms with E-state index in [4.69, 9.17) is 5.73 Å². The Morgan fingerprint density at radius 1 is 1.20 bits per heavy atom. The predicted molar refractivity (Wildman–Crippen MR) is 105 cm³/mol. The summed E-state index contributed by atoms with van der Waals surface area (Å²) in [5.74, 6) is -0.201. The van der Waals surface area contributed by atoms with Crippen LogP contribution < -0.4 is 11.1 Å². The van der Waals surface area contributed by atoms with Crippen LogP contribution in [0.2, 0.25) is 0 Å². The molecule has 0 saturated carbocycles. The molecule has 0 radical (unpaired) electrons. The number of nitrogens with two attached hydrogens (primary N) is 1. The van der Waals surface area contributed by atoms with Gasteiger partial charge in [0.2, 0.25) is 5.91 Å².